The zero-order valence-electron chi connectivity index (χ0n) is 17.8. The average molecular weight is 454 g/mol. The molecular formula is C24H23NO6S. The molecule has 0 fully saturated rings. The van der Waals surface area contributed by atoms with Crippen LogP contribution in [0.3, 0.4) is 0 Å². The van der Waals surface area contributed by atoms with Crippen LogP contribution in [-0.2, 0) is 27.8 Å². The zero-order chi connectivity index (χ0) is 22.7. The predicted octanol–water partition coefficient (Wildman–Crippen LogP) is 3.81. The topological polar surface area (TPSA) is 82.1 Å². The maximum Gasteiger partial charge on any atom is 0.342 e. The molecule has 7 nitrogen and oxygen atoms in total. The van der Waals surface area contributed by atoms with Gasteiger partial charge in [0.25, 0.3) is 10.0 Å². The molecule has 0 unspecified atom stereocenters. The first-order chi connectivity index (χ1) is 15.4. The van der Waals surface area contributed by atoms with Gasteiger partial charge in [0.1, 0.15) is 23.7 Å². The van der Waals surface area contributed by atoms with Crippen molar-refractivity contribution in [2.75, 3.05) is 25.1 Å². The van der Waals surface area contributed by atoms with Gasteiger partial charge in [-0.2, -0.15) is 0 Å². The van der Waals surface area contributed by atoms with Gasteiger partial charge in [-0.1, -0.05) is 30.3 Å². The van der Waals surface area contributed by atoms with Crippen molar-refractivity contribution in [3.63, 3.8) is 0 Å². The minimum absolute atomic E-state index is 0.00593. The molecule has 1 aliphatic heterocycles. The van der Waals surface area contributed by atoms with Crippen molar-refractivity contribution in [3.8, 4) is 11.5 Å². The van der Waals surface area contributed by atoms with E-state index in [0.29, 0.717) is 24.4 Å². The predicted molar refractivity (Wildman–Crippen MR) is 120 cm³/mol. The highest BCUT2D eigenvalue weighted by atomic mass is 32.2. The van der Waals surface area contributed by atoms with Crippen LogP contribution in [-0.4, -0.2) is 35.2 Å². The van der Waals surface area contributed by atoms with E-state index in [4.69, 9.17) is 14.2 Å². The van der Waals surface area contributed by atoms with Crippen LogP contribution in [0.15, 0.2) is 71.6 Å². The van der Waals surface area contributed by atoms with Crippen LogP contribution in [0, 0.1) is 0 Å². The molecule has 0 aromatic heterocycles. The number of ether oxygens (including phenoxy) is 3. The number of fused-ring (bicyclic) bond motifs is 1. The van der Waals surface area contributed by atoms with Crippen LogP contribution in [0.25, 0.3) is 0 Å². The number of sulfonamides is 1. The average Bonchev–Trinajstić information content (AvgIpc) is 3.27. The van der Waals surface area contributed by atoms with Gasteiger partial charge in [-0.25, -0.2) is 13.2 Å². The van der Waals surface area contributed by atoms with Crippen molar-refractivity contribution in [1.82, 2.24) is 0 Å². The third-order valence-electron chi connectivity index (χ3n) is 5.35. The van der Waals surface area contributed by atoms with E-state index < -0.39 is 16.0 Å². The van der Waals surface area contributed by atoms with Crippen LogP contribution >= 0.6 is 0 Å². The molecule has 8 heteroatoms. The fourth-order valence-corrected chi connectivity index (χ4v) is 5.17. The Morgan fingerprint density at radius 2 is 1.72 bits per heavy atom. The van der Waals surface area contributed by atoms with E-state index >= 15 is 0 Å². The number of anilines is 1. The van der Waals surface area contributed by atoms with Crippen molar-refractivity contribution < 1.29 is 27.4 Å². The van der Waals surface area contributed by atoms with Gasteiger partial charge in [0.2, 0.25) is 0 Å². The van der Waals surface area contributed by atoms with Gasteiger partial charge in [-0.3, -0.25) is 4.31 Å². The molecule has 32 heavy (non-hydrogen) atoms. The molecule has 0 bridgehead atoms. The fraction of sp³-hybridized carbons (Fsp3) is 0.208. The quantitative estimate of drug-likeness (QED) is 0.506. The lowest BCUT2D eigenvalue weighted by atomic mass is 10.2. The summed E-state index contributed by atoms with van der Waals surface area (Å²) in [7, 11) is -0.862. The second-order valence-corrected chi connectivity index (χ2v) is 9.10. The molecule has 166 valence electrons. The molecule has 0 N–H and O–H groups in total. The molecule has 1 aliphatic rings. The fourth-order valence-electron chi connectivity index (χ4n) is 3.64. The van der Waals surface area contributed by atoms with Crippen molar-refractivity contribution in [3.05, 3.63) is 83.4 Å². The molecule has 0 atom stereocenters. The number of carbonyl (C=O) groups excluding carboxylic acids is 1. The van der Waals surface area contributed by atoms with E-state index in [1.807, 2.05) is 18.2 Å². The molecule has 0 aliphatic carbocycles. The Morgan fingerprint density at radius 1 is 0.969 bits per heavy atom. The number of hydrogen-bond donors (Lipinski definition) is 0. The molecule has 0 amide bonds. The summed E-state index contributed by atoms with van der Waals surface area (Å²) >= 11 is 0. The smallest absolute Gasteiger partial charge is 0.342 e. The SMILES string of the molecule is COc1ccc(COC(=O)c2cc(S(=O)(=O)N3CCc4ccccc43)ccc2OC)cc1. The molecule has 0 saturated carbocycles. The third kappa shape index (κ3) is 4.13. The van der Waals surface area contributed by atoms with Crippen LogP contribution in [0.4, 0.5) is 5.69 Å². The first-order valence-corrected chi connectivity index (χ1v) is 11.5. The van der Waals surface area contributed by atoms with Gasteiger partial charge < -0.3 is 14.2 Å². The Bertz CT molecular complexity index is 1240. The van der Waals surface area contributed by atoms with E-state index in [-0.39, 0.29) is 22.8 Å². The Kier molecular flexibility index (Phi) is 6.05. The van der Waals surface area contributed by atoms with Gasteiger partial charge in [0, 0.05) is 6.54 Å². The molecule has 0 radical (unpaired) electrons. The van der Waals surface area contributed by atoms with E-state index in [0.717, 1.165) is 11.1 Å². The van der Waals surface area contributed by atoms with Crippen LogP contribution in [0.2, 0.25) is 0 Å². The number of methoxy groups -OCH3 is 2. The minimum Gasteiger partial charge on any atom is -0.497 e. The summed E-state index contributed by atoms with van der Waals surface area (Å²) in [6.07, 6.45) is 0.641. The standard InChI is InChI=1S/C24H23NO6S/c1-29-19-9-7-17(8-10-19)16-31-24(26)21-15-20(11-12-23(21)30-2)32(27,28)25-14-13-18-5-3-4-6-22(18)25/h3-12,15H,13-14,16H2,1-2H3. The number of benzene rings is 3. The van der Waals surface area contributed by atoms with E-state index in [9.17, 15) is 13.2 Å². The lowest BCUT2D eigenvalue weighted by molar-refractivity contribution is 0.0468. The first kappa shape index (κ1) is 21.7. The number of nitrogens with zero attached hydrogens (tertiary/aromatic N) is 1. The normalized spacial score (nSPS) is 12.9. The van der Waals surface area contributed by atoms with Crippen molar-refractivity contribution in [1.29, 1.82) is 0 Å². The summed E-state index contributed by atoms with van der Waals surface area (Å²) in [5.74, 6) is 0.269. The Labute approximate surface area is 187 Å². The zero-order valence-corrected chi connectivity index (χ0v) is 18.6. The summed E-state index contributed by atoms with van der Waals surface area (Å²) in [5, 5.41) is 0. The lowest BCUT2D eigenvalue weighted by Gasteiger charge is -2.20. The number of carbonyl (C=O) groups is 1. The van der Waals surface area contributed by atoms with E-state index in [1.54, 1.807) is 37.4 Å². The molecule has 0 spiro atoms. The second-order valence-electron chi connectivity index (χ2n) is 7.24. The highest BCUT2D eigenvalue weighted by Gasteiger charge is 2.31. The van der Waals surface area contributed by atoms with E-state index in [2.05, 4.69) is 0 Å². The summed E-state index contributed by atoms with van der Waals surface area (Å²) in [6.45, 7) is 0.382. The first-order valence-electron chi connectivity index (χ1n) is 10.0. The molecule has 3 aromatic rings. The summed E-state index contributed by atoms with van der Waals surface area (Å²) < 4.78 is 43.8. The Morgan fingerprint density at radius 3 is 2.44 bits per heavy atom. The monoisotopic (exact) mass is 453 g/mol. The summed E-state index contributed by atoms with van der Waals surface area (Å²) in [4.78, 5) is 12.8. The minimum atomic E-state index is -3.85. The number of esters is 1. The summed E-state index contributed by atoms with van der Waals surface area (Å²) in [6, 6.07) is 18.7. The summed E-state index contributed by atoms with van der Waals surface area (Å²) in [5.41, 5.74) is 2.46. The molecule has 3 aromatic carbocycles. The second kappa shape index (κ2) is 8.92. The molecular weight excluding hydrogens is 430 g/mol. The van der Waals surface area contributed by atoms with Crippen LogP contribution in [0.1, 0.15) is 21.5 Å². The van der Waals surface area contributed by atoms with Gasteiger partial charge in [-0.15, -0.1) is 0 Å². The van der Waals surface area contributed by atoms with Crippen molar-refractivity contribution in [2.24, 2.45) is 0 Å². The Hall–Kier alpha value is -3.52. The maximum absolute atomic E-state index is 13.3. The maximum atomic E-state index is 13.3. The van der Waals surface area contributed by atoms with Gasteiger partial charge >= 0.3 is 5.97 Å². The van der Waals surface area contributed by atoms with Gasteiger partial charge in [-0.05, 0) is 53.9 Å². The number of para-hydroxylation sites is 1. The largest absolute Gasteiger partial charge is 0.497 e. The Balaban J connectivity index is 1.59. The van der Waals surface area contributed by atoms with Crippen molar-refractivity contribution >= 4 is 21.7 Å². The number of hydrogen-bond acceptors (Lipinski definition) is 6. The highest BCUT2D eigenvalue weighted by molar-refractivity contribution is 7.92. The van der Waals surface area contributed by atoms with Gasteiger partial charge in [0.05, 0.1) is 24.8 Å². The van der Waals surface area contributed by atoms with Crippen LogP contribution < -0.4 is 13.8 Å². The molecule has 0 saturated heterocycles. The van der Waals surface area contributed by atoms with Crippen molar-refractivity contribution in [2.45, 2.75) is 17.9 Å². The lowest BCUT2D eigenvalue weighted by Crippen LogP contribution is -2.29. The number of rotatable bonds is 7. The highest BCUT2D eigenvalue weighted by Crippen LogP contribution is 2.34. The van der Waals surface area contributed by atoms with Crippen LogP contribution in [0.5, 0.6) is 11.5 Å². The van der Waals surface area contributed by atoms with Gasteiger partial charge in [0.15, 0.2) is 0 Å². The van der Waals surface area contributed by atoms with E-state index in [1.165, 1.54) is 29.6 Å². The molecule has 1 heterocycles. The third-order valence-corrected chi connectivity index (χ3v) is 7.16. The molecule has 4 rings (SSSR count).